The second-order valence-corrected chi connectivity index (χ2v) is 5.20. The first-order chi connectivity index (χ1) is 7.72. The molecule has 1 aliphatic carbocycles. The van der Waals surface area contributed by atoms with Crippen molar-refractivity contribution in [2.75, 3.05) is 6.61 Å². The molecule has 0 heterocycles. The highest BCUT2D eigenvalue weighted by Gasteiger charge is 2.19. The third kappa shape index (κ3) is 2.51. The van der Waals surface area contributed by atoms with Crippen LogP contribution in [0.2, 0.25) is 0 Å². The van der Waals surface area contributed by atoms with E-state index in [4.69, 9.17) is 16.3 Å². The molecule has 0 bridgehead atoms. The first-order valence-corrected chi connectivity index (χ1v) is 6.70. The van der Waals surface area contributed by atoms with Gasteiger partial charge in [-0.1, -0.05) is 22.4 Å². The van der Waals surface area contributed by atoms with Crippen molar-refractivity contribution in [3.63, 3.8) is 0 Å². The lowest BCUT2D eigenvalue weighted by atomic mass is 9.86. The minimum Gasteiger partial charge on any atom is -0.490 e. The molecular formula is C12H13BrClFO. The minimum atomic E-state index is -0.344. The van der Waals surface area contributed by atoms with Crippen LogP contribution in [0.15, 0.2) is 16.6 Å². The van der Waals surface area contributed by atoms with E-state index in [1.807, 2.05) is 0 Å². The number of alkyl halides is 1. The van der Waals surface area contributed by atoms with Gasteiger partial charge in [0.2, 0.25) is 0 Å². The normalized spacial score (nSPS) is 15.9. The highest BCUT2D eigenvalue weighted by Crippen LogP contribution is 2.31. The van der Waals surface area contributed by atoms with E-state index in [1.165, 1.54) is 19.3 Å². The standard InChI is InChI=1S/C12H13BrClFO/c13-10-4-5-11(12(15)9(10)6-14)16-7-8-2-1-3-8/h4-5,8H,1-3,6-7H2. The van der Waals surface area contributed by atoms with Crippen molar-refractivity contribution in [1.82, 2.24) is 0 Å². The topological polar surface area (TPSA) is 9.23 Å². The summed E-state index contributed by atoms with van der Waals surface area (Å²) in [6.45, 7) is 0.611. The van der Waals surface area contributed by atoms with Crippen molar-refractivity contribution in [2.24, 2.45) is 5.92 Å². The molecule has 1 aliphatic rings. The average Bonchev–Trinajstić information content (AvgIpc) is 2.20. The van der Waals surface area contributed by atoms with Gasteiger partial charge in [0.25, 0.3) is 0 Å². The Balaban J connectivity index is 2.07. The summed E-state index contributed by atoms with van der Waals surface area (Å²) in [6, 6.07) is 3.42. The van der Waals surface area contributed by atoms with Gasteiger partial charge in [-0.25, -0.2) is 4.39 Å². The Hall–Kier alpha value is -0.280. The molecule has 0 aromatic heterocycles. The van der Waals surface area contributed by atoms with E-state index in [-0.39, 0.29) is 11.7 Å². The molecule has 0 aliphatic heterocycles. The fraction of sp³-hybridized carbons (Fsp3) is 0.500. The van der Waals surface area contributed by atoms with Crippen molar-refractivity contribution in [3.8, 4) is 5.75 Å². The average molecular weight is 308 g/mol. The third-order valence-electron chi connectivity index (χ3n) is 2.98. The number of benzene rings is 1. The van der Waals surface area contributed by atoms with E-state index in [2.05, 4.69) is 15.9 Å². The van der Waals surface area contributed by atoms with Crippen LogP contribution in [-0.4, -0.2) is 6.61 Å². The van der Waals surface area contributed by atoms with Gasteiger partial charge < -0.3 is 4.74 Å². The smallest absolute Gasteiger partial charge is 0.170 e. The van der Waals surface area contributed by atoms with E-state index >= 15 is 0 Å². The van der Waals surface area contributed by atoms with Gasteiger partial charge in [0, 0.05) is 10.0 Å². The SMILES string of the molecule is Fc1c(OCC2CCC2)ccc(Br)c1CCl. The fourth-order valence-electron chi connectivity index (χ4n) is 1.68. The van der Waals surface area contributed by atoms with Crippen molar-refractivity contribution < 1.29 is 9.13 Å². The van der Waals surface area contributed by atoms with Crippen LogP contribution in [0, 0.1) is 11.7 Å². The maximum Gasteiger partial charge on any atom is 0.170 e. The highest BCUT2D eigenvalue weighted by atomic mass is 79.9. The fourth-order valence-corrected chi connectivity index (χ4v) is 2.55. The summed E-state index contributed by atoms with van der Waals surface area (Å²) in [5, 5.41) is 0. The van der Waals surface area contributed by atoms with E-state index in [1.54, 1.807) is 12.1 Å². The molecule has 0 N–H and O–H groups in total. The van der Waals surface area contributed by atoms with Crippen LogP contribution < -0.4 is 4.74 Å². The Bertz CT molecular complexity index is 380. The molecule has 0 amide bonds. The minimum absolute atomic E-state index is 0.146. The Morgan fingerprint density at radius 3 is 2.75 bits per heavy atom. The van der Waals surface area contributed by atoms with Crippen LogP contribution >= 0.6 is 27.5 Å². The maximum atomic E-state index is 13.9. The van der Waals surface area contributed by atoms with Crippen molar-refractivity contribution in [1.29, 1.82) is 0 Å². The largest absolute Gasteiger partial charge is 0.490 e. The van der Waals surface area contributed by atoms with Crippen LogP contribution in [-0.2, 0) is 5.88 Å². The van der Waals surface area contributed by atoms with Gasteiger partial charge in [-0.15, -0.1) is 11.6 Å². The Labute approximate surface area is 108 Å². The van der Waals surface area contributed by atoms with Crippen molar-refractivity contribution in [3.05, 3.63) is 28.0 Å². The zero-order chi connectivity index (χ0) is 11.5. The molecule has 0 atom stereocenters. The summed E-state index contributed by atoms with van der Waals surface area (Å²) in [5.41, 5.74) is 0.466. The number of hydrogen-bond acceptors (Lipinski definition) is 1. The molecule has 1 aromatic carbocycles. The maximum absolute atomic E-state index is 13.9. The predicted octanol–water partition coefficient (Wildman–Crippen LogP) is 4.51. The molecule has 16 heavy (non-hydrogen) atoms. The lowest BCUT2D eigenvalue weighted by Crippen LogP contribution is -2.19. The first-order valence-electron chi connectivity index (χ1n) is 5.38. The molecule has 1 fully saturated rings. The zero-order valence-electron chi connectivity index (χ0n) is 8.81. The number of halogens is 3. The molecule has 0 radical (unpaired) electrons. The summed E-state index contributed by atoms with van der Waals surface area (Å²) in [5.74, 6) is 0.712. The molecule has 0 unspecified atom stereocenters. The summed E-state index contributed by atoms with van der Waals surface area (Å²) >= 11 is 8.95. The van der Waals surface area contributed by atoms with Crippen LogP contribution in [0.4, 0.5) is 4.39 Å². The van der Waals surface area contributed by atoms with Crippen LogP contribution in [0.3, 0.4) is 0 Å². The van der Waals surface area contributed by atoms with Gasteiger partial charge in [0.05, 0.1) is 12.5 Å². The predicted molar refractivity (Wildman–Crippen MR) is 66.5 cm³/mol. The van der Waals surface area contributed by atoms with Gasteiger partial charge >= 0.3 is 0 Å². The molecule has 0 spiro atoms. The molecule has 1 aromatic rings. The molecule has 88 valence electrons. The van der Waals surface area contributed by atoms with E-state index in [0.29, 0.717) is 28.3 Å². The Kier molecular flexibility index (Phi) is 4.09. The summed E-state index contributed by atoms with van der Waals surface area (Å²) < 4.78 is 20.0. The summed E-state index contributed by atoms with van der Waals surface area (Å²) in [4.78, 5) is 0. The Morgan fingerprint density at radius 2 is 2.19 bits per heavy atom. The summed E-state index contributed by atoms with van der Waals surface area (Å²) in [6.07, 6.45) is 3.66. The quantitative estimate of drug-likeness (QED) is 0.744. The highest BCUT2D eigenvalue weighted by molar-refractivity contribution is 9.10. The van der Waals surface area contributed by atoms with Gasteiger partial charge in [0.15, 0.2) is 11.6 Å². The lowest BCUT2D eigenvalue weighted by Gasteiger charge is -2.25. The van der Waals surface area contributed by atoms with Gasteiger partial charge in [-0.3, -0.25) is 0 Å². The van der Waals surface area contributed by atoms with Crippen LogP contribution in [0.5, 0.6) is 5.75 Å². The monoisotopic (exact) mass is 306 g/mol. The molecule has 4 heteroatoms. The molecular weight excluding hydrogens is 294 g/mol. The van der Waals surface area contributed by atoms with Gasteiger partial charge in [-0.2, -0.15) is 0 Å². The van der Waals surface area contributed by atoms with E-state index < -0.39 is 0 Å². The van der Waals surface area contributed by atoms with Crippen LogP contribution in [0.1, 0.15) is 24.8 Å². The Morgan fingerprint density at radius 1 is 1.44 bits per heavy atom. The first kappa shape index (κ1) is 12.2. The zero-order valence-corrected chi connectivity index (χ0v) is 11.2. The summed E-state index contributed by atoms with van der Waals surface area (Å²) in [7, 11) is 0. The lowest BCUT2D eigenvalue weighted by molar-refractivity contribution is 0.175. The molecule has 2 rings (SSSR count). The second kappa shape index (κ2) is 5.37. The second-order valence-electron chi connectivity index (χ2n) is 4.08. The number of hydrogen-bond donors (Lipinski definition) is 0. The van der Waals surface area contributed by atoms with Crippen molar-refractivity contribution in [2.45, 2.75) is 25.1 Å². The van der Waals surface area contributed by atoms with Crippen LogP contribution in [0.25, 0.3) is 0 Å². The van der Waals surface area contributed by atoms with E-state index in [0.717, 1.165) is 0 Å². The number of ether oxygens (including phenoxy) is 1. The van der Waals surface area contributed by atoms with Crippen molar-refractivity contribution >= 4 is 27.5 Å². The van der Waals surface area contributed by atoms with Gasteiger partial charge in [-0.05, 0) is 30.9 Å². The third-order valence-corrected chi connectivity index (χ3v) is 3.99. The van der Waals surface area contributed by atoms with E-state index in [9.17, 15) is 4.39 Å². The number of rotatable bonds is 4. The molecule has 1 saturated carbocycles. The van der Waals surface area contributed by atoms with Gasteiger partial charge in [0.1, 0.15) is 0 Å². The molecule has 0 saturated heterocycles. The molecule has 1 nitrogen and oxygen atoms in total.